The van der Waals surface area contributed by atoms with Crippen molar-refractivity contribution in [1.29, 1.82) is 0 Å². The molecule has 0 aliphatic heterocycles. The fraction of sp³-hybridized carbons (Fsp3) is 0.235. The predicted octanol–water partition coefficient (Wildman–Crippen LogP) is 5.26. The van der Waals surface area contributed by atoms with Crippen LogP contribution in [0.4, 0.5) is 5.69 Å². The molecule has 0 unspecified atom stereocenters. The normalized spacial score (nSPS) is 12.8. The zero-order valence-corrected chi connectivity index (χ0v) is 13.8. The van der Waals surface area contributed by atoms with Gasteiger partial charge >= 0.3 is 0 Å². The van der Waals surface area contributed by atoms with Crippen LogP contribution < -0.4 is 0 Å². The smallest absolute Gasteiger partial charge is 0.128 e. The molecular weight excluding hydrogens is 361 g/mol. The van der Waals surface area contributed by atoms with Crippen LogP contribution in [0.1, 0.15) is 37.3 Å². The van der Waals surface area contributed by atoms with Gasteiger partial charge in [0.2, 0.25) is 0 Å². The Hall–Kier alpha value is -1.36. The third-order valence-corrected chi connectivity index (χ3v) is 4.27. The second-order valence-corrected chi connectivity index (χ2v) is 6.03. The Kier molecular flexibility index (Phi) is 5.17. The van der Waals surface area contributed by atoms with Crippen LogP contribution in [0.5, 0.6) is 5.75 Å². The van der Waals surface area contributed by atoms with Crippen LogP contribution in [0.25, 0.3) is 0 Å². The molecule has 0 bridgehead atoms. The highest BCUT2D eigenvalue weighted by molar-refractivity contribution is 14.1. The summed E-state index contributed by atoms with van der Waals surface area (Å²) in [5.74, 6) is 0.896. The van der Waals surface area contributed by atoms with Crippen molar-refractivity contribution in [3.05, 3.63) is 57.2 Å². The minimum Gasteiger partial charge on any atom is -0.507 e. The molecule has 0 aliphatic rings. The van der Waals surface area contributed by atoms with Crippen LogP contribution in [0.15, 0.2) is 47.5 Å². The highest BCUT2D eigenvalue weighted by atomic mass is 127. The highest BCUT2D eigenvalue weighted by Crippen LogP contribution is 2.22. The number of aliphatic imine (C=N–C) groups is 1. The van der Waals surface area contributed by atoms with Crippen molar-refractivity contribution in [2.24, 2.45) is 4.99 Å². The number of phenolic OH excluding ortho intramolecular Hbond substituents is 1. The average molecular weight is 379 g/mol. The zero-order chi connectivity index (χ0) is 14.5. The van der Waals surface area contributed by atoms with Crippen molar-refractivity contribution in [3.63, 3.8) is 0 Å². The van der Waals surface area contributed by atoms with Gasteiger partial charge < -0.3 is 5.11 Å². The van der Waals surface area contributed by atoms with Gasteiger partial charge in [0.05, 0.1) is 9.26 Å². The summed E-state index contributed by atoms with van der Waals surface area (Å²) < 4.78 is 0.832. The van der Waals surface area contributed by atoms with Gasteiger partial charge in [0.15, 0.2) is 0 Å². The molecule has 0 fully saturated rings. The maximum Gasteiger partial charge on any atom is 0.128 e. The summed E-state index contributed by atoms with van der Waals surface area (Å²) in [6.45, 7) is 4.43. The van der Waals surface area contributed by atoms with Crippen LogP contribution in [0.3, 0.4) is 0 Å². The van der Waals surface area contributed by atoms with E-state index in [9.17, 15) is 5.11 Å². The van der Waals surface area contributed by atoms with E-state index in [-0.39, 0.29) is 0 Å². The molecule has 0 aliphatic carbocycles. The molecule has 1 N–H and O–H groups in total. The van der Waals surface area contributed by atoms with E-state index < -0.39 is 0 Å². The topological polar surface area (TPSA) is 32.6 Å². The second kappa shape index (κ2) is 6.88. The molecule has 0 heterocycles. The van der Waals surface area contributed by atoms with Crippen molar-refractivity contribution in [3.8, 4) is 5.75 Å². The second-order valence-electron chi connectivity index (χ2n) is 4.87. The predicted molar refractivity (Wildman–Crippen MR) is 93.2 cm³/mol. The molecule has 2 nitrogen and oxygen atoms in total. The molecule has 0 saturated heterocycles. The Bertz CT molecular complexity index is 605. The number of nitrogens with zero attached hydrogens (tertiary/aromatic N) is 1. The Morgan fingerprint density at radius 2 is 1.90 bits per heavy atom. The Labute approximate surface area is 133 Å². The molecule has 2 aromatic rings. The molecule has 0 spiro atoms. The molecule has 104 valence electrons. The Balaban J connectivity index is 2.13. The van der Waals surface area contributed by atoms with Crippen molar-refractivity contribution in [2.75, 3.05) is 0 Å². The number of benzene rings is 2. The van der Waals surface area contributed by atoms with Gasteiger partial charge in [0.25, 0.3) is 0 Å². The van der Waals surface area contributed by atoms with Gasteiger partial charge in [-0.1, -0.05) is 26.0 Å². The van der Waals surface area contributed by atoms with Crippen LogP contribution in [-0.2, 0) is 0 Å². The Morgan fingerprint density at radius 1 is 1.20 bits per heavy atom. The van der Waals surface area contributed by atoms with Gasteiger partial charge in [-0.2, -0.15) is 0 Å². The van der Waals surface area contributed by atoms with Crippen LogP contribution in [-0.4, -0.2) is 11.3 Å². The number of rotatable bonds is 4. The lowest BCUT2D eigenvalue weighted by atomic mass is 9.99. The first-order valence-corrected chi connectivity index (χ1v) is 7.80. The SMILES string of the molecule is CC[C@@H](C)c1ccc(N=Cc2ccc(O)c(I)c2)cc1. The fourth-order valence-corrected chi connectivity index (χ4v) is 2.42. The van der Waals surface area contributed by atoms with Gasteiger partial charge in [-0.15, -0.1) is 0 Å². The lowest BCUT2D eigenvalue weighted by Crippen LogP contribution is -1.89. The minimum atomic E-state index is 0.306. The number of hydrogen-bond donors (Lipinski definition) is 1. The first-order chi connectivity index (χ1) is 9.60. The molecule has 0 radical (unpaired) electrons. The summed E-state index contributed by atoms with van der Waals surface area (Å²) in [5.41, 5.74) is 3.28. The summed E-state index contributed by atoms with van der Waals surface area (Å²) in [7, 11) is 0. The van der Waals surface area contributed by atoms with E-state index in [1.165, 1.54) is 5.56 Å². The first kappa shape index (κ1) is 15.0. The van der Waals surface area contributed by atoms with Gasteiger partial charge in [-0.25, -0.2) is 0 Å². The monoisotopic (exact) mass is 379 g/mol. The van der Waals surface area contributed by atoms with Gasteiger partial charge in [0, 0.05) is 6.21 Å². The summed E-state index contributed by atoms with van der Waals surface area (Å²) >= 11 is 2.11. The molecular formula is C17H18INO. The van der Waals surface area contributed by atoms with E-state index in [0.717, 1.165) is 21.2 Å². The summed E-state index contributed by atoms with van der Waals surface area (Å²) in [6, 6.07) is 13.8. The van der Waals surface area contributed by atoms with Crippen LogP contribution in [0, 0.1) is 3.57 Å². The minimum absolute atomic E-state index is 0.306. The third kappa shape index (κ3) is 3.82. The molecule has 1 atom stereocenters. The van der Waals surface area contributed by atoms with Crippen molar-refractivity contribution >= 4 is 34.5 Å². The maximum absolute atomic E-state index is 9.48. The standard InChI is InChI=1S/C17H18INO/c1-3-12(2)14-5-7-15(8-6-14)19-11-13-4-9-17(20)16(18)10-13/h4-12,20H,3H2,1-2H3/t12-/m1/s1. The average Bonchev–Trinajstić information content (AvgIpc) is 2.48. The lowest BCUT2D eigenvalue weighted by molar-refractivity contribution is 0.471. The van der Waals surface area contributed by atoms with E-state index in [1.807, 2.05) is 30.5 Å². The van der Waals surface area contributed by atoms with Gasteiger partial charge in [-0.3, -0.25) is 4.99 Å². The maximum atomic E-state index is 9.48. The van der Waals surface area contributed by atoms with E-state index >= 15 is 0 Å². The van der Waals surface area contributed by atoms with E-state index in [2.05, 4.69) is 53.6 Å². The number of halogens is 1. The number of phenols is 1. The molecule has 0 aromatic heterocycles. The largest absolute Gasteiger partial charge is 0.507 e. The summed E-state index contributed by atoms with van der Waals surface area (Å²) in [6.07, 6.45) is 2.97. The summed E-state index contributed by atoms with van der Waals surface area (Å²) in [4.78, 5) is 4.46. The van der Waals surface area contributed by atoms with Crippen molar-refractivity contribution in [2.45, 2.75) is 26.2 Å². The first-order valence-electron chi connectivity index (χ1n) is 6.72. The number of hydrogen-bond acceptors (Lipinski definition) is 2. The van der Waals surface area contributed by atoms with Crippen LogP contribution >= 0.6 is 22.6 Å². The molecule has 3 heteroatoms. The third-order valence-electron chi connectivity index (χ3n) is 3.41. The molecule has 20 heavy (non-hydrogen) atoms. The molecule has 0 saturated carbocycles. The quantitative estimate of drug-likeness (QED) is 0.570. The van der Waals surface area contributed by atoms with Crippen LogP contribution in [0.2, 0.25) is 0 Å². The van der Waals surface area contributed by atoms with Crippen molar-refractivity contribution < 1.29 is 5.11 Å². The highest BCUT2D eigenvalue weighted by Gasteiger charge is 2.02. The van der Waals surface area contributed by atoms with E-state index in [1.54, 1.807) is 6.07 Å². The van der Waals surface area contributed by atoms with E-state index in [0.29, 0.717) is 11.7 Å². The lowest BCUT2D eigenvalue weighted by Gasteiger charge is -2.08. The Morgan fingerprint density at radius 3 is 2.50 bits per heavy atom. The van der Waals surface area contributed by atoms with E-state index in [4.69, 9.17) is 0 Å². The zero-order valence-electron chi connectivity index (χ0n) is 11.7. The summed E-state index contributed by atoms with van der Waals surface area (Å²) in [5, 5.41) is 9.48. The molecule has 2 aromatic carbocycles. The van der Waals surface area contributed by atoms with Gasteiger partial charge in [-0.05, 0) is 76.4 Å². The van der Waals surface area contributed by atoms with Crippen molar-refractivity contribution in [1.82, 2.24) is 0 Å². The fourth-order valence-electron chi connectivity index (χ4n) is 1.88. The van der Waals surface area contributed by atoms with Gasteiger partial charge in [0.1, 0.15) is 5.75 Å². The molecule has 0 amide bonds. The molecule has 2 rings (SSSR count). The number of aromatic hydroxyl groups is 1.